The van der Waals surface area contributed by atoms with Crippen molar-refractivity contribution in [3.63, 3.8) is 0 Å². The first kappa shape index (κ1) is 12.9. The van der Waals surface area contributed by atoms with Gasteiger partial charge in [-0.25, -0.2) is 0 Å². The number of carbonyl (C=O) groups is 1. The Kier molecular flexibility index (Phi) is 4.59. The largest absolute Gasteiger partial charge is 0.399 e. The average Bonchev–Trinajstić information content (AvgIpc) is 2.90. The van der Waals surface area contributed by atoms with E-state index in [1.807, 2.05) is 29.2 Å². The van der Waals surface area contributed by atoms with Crippen molar-refractivity contribution < 1.29 is 9.53 Å². The first-order chi connectivity index (χ1) is 8.77. The van der Waals surface area contributed by atoms with E-state index in [1.165, 1.54) is 0 Å². The smallest absolute Gasteiger partial charge is 0.248 e. The molecular formula is C14H20N2O2. The van der Waals surface area contributed by atoms with Gasteiger partial charge in [-0.2, -0.15) is 0 Å². The summed E-state index contributed by atoms with van der Waals surface area (Å²) in [6.45, 7) is 2.49. The molecule has 1 aliphatic heterocycles. The molecule has 1 aliphatic rings. The number of hydrogen-bond acceptors (Lipinski definition) is 3. The van der Waals surface area contributed by atoms with Crippen LogP contribution in [0.1, 0.15) is 18.4 Å². The summed E-state index contributed by atoms with van der Waals surface area (Å²) >= 11 is 0. The van der Waals surface area contributed by atoms with Crippen molar-refractivity contribution >= 4 is 11.6 Å². The molecule has 4 nitrogen and oxygen atoms in total. The molecule has 2 rings (SSSR count). The van der Waals surface area contributed by atoms with Crippen molar-refractivity contribution in [3.05, 3.63) is 29.8 Å². The molecule has 0 radical (unpaired) electrons. The topological polar surface area (TPSA) is 55.6 Å². The molecule has 4 heteroatoms. The maximum absolute atomic E-state index is 11.7. The third kappa shape index (κ3) is 3.47. The molecular weight excluding hydrogens is 228 g/mol. The molecule has 0 bridgehead atoms. The Bertz CT molecular complexity index is 401. The van der Waals surface area contributed by atoms with E-state index in [4.69, 9.17) is 10.5 Å². The number of amides is 1. The highest BCUT2D eigenvalue weighted by Crippen LogP contribution is 2.11. The maximum atomic E-state index is 11.7. The number of nitrogens with zero attached hydrogens (tertiary/aromatic N) is 1. The van der Waals surface area contributed by atoms with Crippen LogP contribution in [0, 0.1) is 0 Å². The first-order valence-corrected chi connectivity index (χ1v) is 6.46. The lowest BCUT2D eigenvalue weighted by atomic mass is 10.1. The van der Waals surface area contributed by atoms with Crippen LogP contribution in [0.15, 0.2) is 24.3 Å². The summed E-state index contributed by atoms with van der Waals surface area (Å²) in [7, 11) is 0. The van der Waals surface area contributed by atoms with Gasteiger partial charge in [-0.05, 0) is 30.9 Å². The molecule has 1 heterocycles. The number of benzene rings is 1. The number of carbonyl (C=O) groups excluding carboxylic acids is 1. The van der Waals surface area contributed by atoms with Gasteiger partial charge in [-0.1, -0.05) is 18.2 Å². The predicted molar refractivity (Wildman–Crippen MR) is 71.2 cm³/mol. The summed E-state index contributed by atoms with van der Waals surface area (Å²) in [6, 6.07) is 7.74. The van der Waals surface area contributed by atoms with Gasteiger partial charge in [0.05, 0.1) is 6.61 Å². The zero-order valence-electron chi connectivity index (χ0n) is 10.6. The second-order valence-electron chi connectivity index (χ2n) is 4.59. The van der Waals surface area contributed by atoms with Gasteiger partial charge in [0.2, 0.25) is 5.91 Å². The zero-order chi connectivity index (χ0) is 12.8. The normalized spacial score (nSPS) is 15.0. The monoisotopic (exact) mass is 248 g/mol. The van der Waals surface area contributed by atoms with Crippen molar-refractivity contribution in [3.8, 4) is 0 Å². The van der Waals surface area contributed by atoms with E-state index in [9.17, 15) is 4.79 Å². The van der Waals surface area contributed by atoms with Crippen molar-refractivity contribution in [2.75, 3.05) is 32.0 Å². The summed E-state index contributed by atoms with van der Waals surface area (Å²) in [6.07, 6.45) is 2.98. The number of rotatable bonds is 5. The number of ether oxygens (including phenoxy) is 1. The number of para-hydroxylation sites is 1. The zero-order valence-corrected chi connectivity index (χ0v) is 10.6. The molecule has 2 N–H and O–H groups in total. The van der Waals surface area contributed by atoms with E-state index >= 15 is 0 Å². The van der Waals surface area contributed by atoms with E-state index in [0.717, 1.165) is 43.6 Å². The number of likely N-dealkylation sites (tertiary alicyclic amines) is 1. The second kappa shape index (κ2) is 6.40. The number of nitrogen functional groups attached to an aromatic ring is 1. The minimum absolute atomic E-state index is 0.105. The Morgan fingerprint density at radius 2 is 2.00 bits per heavy atom. The van der Waals surface area contributed by atoms with Crippen molar-refractivity contribution in [1.82, 2.24) is 4.90 Å². The summed E-state index contributed by atoms with van der Waals surface area (Å²) in [5.74, 6) is 0.105. The molecule has 1 saturated heterocycles. The molecule has 0 saturated carbocycles. The Hall–Kier alpha value is -1.55. The summed E-state index contributed by atoms with van der Waals surface area (Å²) < 4.78 is 5.42. The quantitative estimate of drug-likeness (QED) is 0.634. The molecule has 1 fully saturated rings. The summed E-state index contributed by atoms with van der Waals surface area (Å²) in [5, 5.41) is 0. The average molecular weight is 248 g/mol. The van der Waals surface area contributed by atoms with Gasteiger partial charge in [0.15, 0.2) is 0 Å². The fraction of sp³-hybridized carbons (Fsp3) is 0.500. The van der Waals surface area contributed by atoms with Gasteiger partial charge in [0.25, 0.3) is 0 Å². The van der Waals surface area contributed by atoms with Gasteiger partial charge in [0, 0.05) is 18.8 Å². The van der Waals surface area contributed by atoms with Crippen LogP contribution >= 0.6 is 0 Å². The van der Waals surface area contributed by atoms with E-state index in [-0.39, 0.29) is 12.5 Å². The molecule has 0 spiro atoms. The minimum atomic E-state index is 0.105. The molecule has 0 unspecified atom stereocenters. The Balaban J connectivity index is 1.67. The molecule has 1 amide bonds. The van der Waals surface area contributed by atoms with Crippen LogP contribution in [0.3, 0.4) is 0 Å². The van der Waals surface area contributed by atoms with Crippen molar-refractivity contribution in [1.29, 1.82) is 0 Å². The molecule has 98 valence electrons. The van der Waals surface area contributed by atoms with Crippen LogP contribution in [-0.2, 0) is 16.0 Å². The Morgan fingerprint density at radius 3 is 2.72 bits per heavy atom. The fourth-order valence-corrected chi connectivity index (χ4v) is 2.16. The molecule has 0 atom stereocenters. The highest BCUT2D eigenvalue weighted by atomic mass is 16.5. The van der Waals surface area contributed by atoms with Gasteiger partial charge in [-0.15, -0.1) is 0 Å². The van der Waals surface area contributed by atoms with Gasteiger partial charge >= 0.3 is 0 Å². The standard InChI is InChI=1S/C14H20N2O2/c15-13-6-2-1-5-12(13)7-10-18-11-14(17)16-8-3-4-9-16/h1-2,5-6H,3-4,7-11,15H2. The Morgan fingerprint density at radius 1 is 1.28 bits per heavy atom. The lowest BCUT2D eigenvalue weighted by molar-refractivity contribution is -0.135. The van der Waals surface area contributed by atoms with Crippen LogP contribution in [0.2, 0.25) is 0 Å². The van der Waals surface area contributed by atoms with Gasteiger partial charge in [0.1, 0.15) is 6.61 Å². The molecule has 1 aromatic carbocycles. The van der Waals surface area contributed by atoms with E-state index in [1.54, 1.807) is 0 Å². The van der Waals surface area contributed by atoms with Crippen molar-refractivity contribution in [2.45, 2.75) is 19.3 Å². The van der Waals surface area contributed by atoms with Crippen LogP contribution in [0.4, 0.5) is 5.69 Å². The third-order valence-corrected chi connectivity index (χ3v) is 3.26. The molecule has 0 aromatic heterocycles. The van der Waals surface area contributed by atoms with Crippen LogP contribution < -0.4 is 5.73 Å². The van der Waals surface area contributed by atoms with Crippen LogP contribution in [-0.4, -0.2) is 37.1 Å². The fourth-order valence-electron chi connectivity index (χ4n) is 2.16. The molecule has 0 aliphatic carbocycles. The third-order valence-electron chi connectivity index (χ3n) is 3.26. The second-order valence-corrected chi connectivity index (χ2v) is 4.59. The summed E-state index contributed by atoms with van der Waals surface area (Å²) in [5.41, 5.74) is 7.69. The number of hydrogen-bond donors (Lipinski definition) is 1. The highest BCUT2D eigenvalue weighted by Gasteiger charge is 2.17. The minimum Gasteiger partial charge on any atom is -0.399 e. The van der Waals surface area contributed by atoms with Crippen molar-refractivity contribution in [2.24, 2.45) is 0 Å². The predicted octanol–water partition coefficient (Wildman–Crippen LogP) is 1.45. The SMILES string of the molecule is Nc1ccccc1CCOCC(=O)N1CCCC1. The van der Waals surface area contributed by atoms with E-state index in [2.05, 4.69) is 0 Å². The van der Waals surface area contributed by atoms with Gasteiger partial charge in [-0.3, -0.25) is 4.79 Å². The lowest BCUT2D eigenvalue weighted by Gasteiger charge is -2.15. The molecule has 18 heavy (non-hydrogen) atoms. The van der Waals surface area contributed by atoms with Gasteiger partial charge < -0.3 is 15.4 Å². The lowest BCUT2D eigenvalue weighted by Crippen LogP contribution is -2.31. The number of anilines is 1. The van der Waals surface area contributed by atoms with E-state index in [0.29, 0.717) is 6.61 Å². The van der Waals surface area contributed by atoms with Crippen LogP contribution in [0.25, 0.3) is 0 Å². The maximum Gasteiger partial charge on any atom is 0.248 e. The van der Waals surface area contributed by atoms with Crippen LogP contribution in [0.5, 0.6) is 0 Å². The number of nitrogens with two attached hydrogens (primary N) is 1. The summed E-state index contributed by atoms with van der Waals surface area (Å²) in [4.78, 5) is 13.6. The molecule has 1 aromatic rings. The van der Waals surface area contributed by atoms with E-state index < -0.39 is 0 Å². The first-order valence-electron chi connectivity index (χ1n) is 6.46. The Labute approximate surface area is 108 Å². The highest BCUT2D eigenvalue weighted by molar-refractivity contribution is 5.77.